The van der Waals surface area contributed by atoms with Gasteiger partial charge < -0.3 is 4.55 Å². The van der Waals surface area contributed by atoms with Crippen LogP contribution in [0.5, 0.6) is 0 Å². The van der Waals surface area contributed by atoms with Crippen molar-refractivity contribution in [2.24, 2.45) is 0 Å². The molecule has 1 rings (SSSR count). The van der Waals surface area contributed by atoms with E-state index in [1.165, 1.54) is 6.20 Å². The summed E-state index contributed by atoms with van der Waals surface area (Å²) >= 11 is -2.15. The molecule has 1 aromatic heterocycles. The normalized spacial score (nSPS) is 11.8. The van der Waals surface area contributed by atoms with Crippen LogP contribution >= 0.6 is 0 Å². The minimum absolute atomic E-state index is 0. The van der Waals surface area contributed by atoms with Gasteiger partial charge in [-0.1, -0.05) is 0 Å². The van der Waals surface area contributed by atoms with Crippen LogP contribution in [0.2, 0.25) is 0 Å². The summed E-state index contributed by atoms with van der Waals surface area (Å²) in [7, 11) is 0. The third-order valence-corrected chi connectivity index (χ3v) is 1.96. The Hall–Kier alpha value is 0.260. The smallest absolute Gasteiger partial charge is 0.768 e. The van der Waals surface area contributed by atoms with Crippen molar-refractivity contribution in [2.45, 2.75) is 11.8 Å². The van der Waals surface area contributed by atoms with Crippen molar-refractivity contribution >= 4 is 11.1 Å². The Morgan fingerprint density at radius 2 is 2.27 bits per heavy atom. The number of hydrogen-bond acceptors (Lipinski definition) is 3. The Morgan fingerprint density at radius 1 is 1.64 bits per heavy atom. The topological polar surface area (TPSA) is 53.0 Å². The molecule has 0 amide bonds. The van der Waals surface area contributed by atoms with Crippen LogP contribution < -0.4 is 29.6 Å². The number of rotatable bonds is 1. The van der Waals surface area contributed by atoms with E-state index in [0.29, 0.717) is 0 Å². The Kier molecular flexibility index (Phi) is 5.12. The van der Waals surface area contributed by atoms with Gasteiger partial charge >= 0.3 is 29.6 Å². The molecule has 1 atom stereocenters. The summed E-state index contributed by atoms with van der Waals surface area (Å²) in [6, 6.07) is 1.66. The molecule has 0 aliphatic heterocycles. The van der Waals surface area contributed by atoms with Gasteiger partial charge in [0.1, 0.15) is 0 Å². The van der Waals surface area contributed by atoms with Gasteiger partial charge in [0.25, 0.3) is 0 Å². The number of aryl methyl sites for hydroxylation is 1. The van der Waals surface area contributed by atoms with Gasteiger partial charge in [-0.15, -0.1) is 0 Å². The van der Waals surface area contributed by atoms with Crippen molar-refractivity contribution in [1.82, 2.24) is 4.98 Å². The molecule has 0 aliphatic carbocycles. The number of nitrogens with zero attached hydrogens (tertiary/aromatic N) is 1. The van der Waals surface area contributed by atoms with Crippen molar-refractivity contribution in [3.63, 3.8) is 0 Å². The summed E-state index contributed by atoms with van der Waals surface area (Å²) < 4.78 is 20.8. The molecule has 0 aliphatic rings. The molecule has 0 N–H and O–H groups in total. The first-order chi connectivity index (χ1) is 4.72. The summed E-state index contributed by atoms with van der Waals surface area (Å²) in [6.45, 7) is 1.73. The van der Waals surface area contributed by atoms with E-state index < -0.39 is 11.1 Å². The van der Waals surface area contributed by atoms with Gasteiger partial charge in [0.15, 0.2) is 0 Å². The molecule has 0 aromatic carbocycles. The van der Waals surface area contributed by atoms with E-state index in [1.807, 2.05) is 0 Å². The fourth-order valence-electron chi connectivity index (χ4n) is 0.624. The fourth-order valence-corrected chi connectivity index (χ4v) is 1.10. The van der Waals surface area contributed by atoms with Crippen LogP contribution in [0.4, 0.5) is 0 Å². The zero-order valence-corrected chi connectivity index (χ0v) is 9.22. The zero-order valence-electron chi connectivity index (χ0n) is 6.40. The van der Waals surface area contributed by atoms with Gasteiger partial charge in [-0.2, -0.15) is 0 Å². The Morgan fingerprint density at radius 3 is 2.64 bits per heavy atom. The first kappa shape index (κ1) is 11.3. The average Bonchev–Trinajstić information content (AvgIpc) is 1.88. The molecule has 0 saturated carbocycles. The summed E-state index contributed by atoms with van der Waals surface area (Å²) in [5.41, 5.74) is 0.725. The van der Waals surface area contributed by atoms with E-state index in [-0.39, 0.29) is 34.5 Å². The molecular formula is C6H6NNaO2S. The molecule has 1 aromatic rings. The summed E-state index contributed by atoms with van der Waals surface area (Å²) in [5.74, 6) is 0. The second kappa shape index (κ2) is 5.00. The molecule has 0 saturated heterocycles. The van der Waals surface area contributed by atoms with Crippen LogP contribution in [0.1, 0.15) is 5.56 Å². The second-order valence-corrected chi connectivity index (χ2v) is 2.79. The predicted molar refractivity (Wildman–Crippen MR) is 36.2 cm³/mol. The monoisotopic (exact) mass is 179 g/mol. The van der Waals surface area contributed by atoms with Gasteiger partial charge in [-0.25, -0.2) is 0 Å². The van der Waals surface area contributed by atoms with Crippen LogP contribution in [0.3, 0.4) is 0 Å². The van der Waals surface area contributed by atoms with Gasteiger partial charge in [0.2, 0.25) is 0 Å². The number of pyridine rings is 1. The van der Waals surface area contributed by atoms with Crippen LogP contribution in [0, 0.1) is 6.92 Å². The van der Waals surface area contributed by atoms with Crippen molar-refractivity contribution in [2.75, 3.05) is 0 Å². The Balaban J connectivity index is 0.000001000. The maximum atomic E-state index is 10.4. The van der Waals surface area contributed by atoms with Crippen molar-refractivity contribution in [3.05, 3.63) is 24.0 Å². The summed E-state index contributed by atoms with van der Waals surface area (Å²) in [6.07, 6.45) is 2.89. The summed E-state index contributed by atoms with van der Waals surface area (Å²) in [5, 5.41) is 0. The minimum Gasteiger partial charge on any atom is -0.768 e. The quantitative estimate of drug-likeness (QED) is 0.358. The van der Waals surface area contributed by atoms with Crippen molar-refractivity contribution in [3.8, 4) is 0 Å². The van der Waals surface area contributed by atoms with Crippen molar-refractivity contribution in [1.29, 1.82) is 0 Å². The largest absolute Gasteiger partial charge is 1.00 e. The molecule has 3 nitrogen and oxygen atoms in total. The first-order valence-corrected chi connectivity index (χ1v) is 3.79. The fraction of sp³-hybridized carbons (Fsp3) is 0.167. The minimum atomic E-state index is -2.15. The van der Waals surface area contributed by atoms with Gasteiger partial charge in [0.05, 0.1) is 0 Å². The van der Waals surface area contributed by atoms with Gasteiger partial charge in [-0.3, -0.25) is 9.19 Å². The molecule has 54 valence electrons. The third-order valence-electron chi connectivity index (χ3n) is 1.17. The van der Waals surface area contributed by atoms with E-state index in [9.17, 15) is 8.76 Å². The van der Waals surface area contributed by atoms with Crippen LogP contribution in [-0.4, -0.2) is 13.7 Å². The van der Waals surface area contributed by atoms with E-state index in [2.05, 4.69) is 4.98 Å². The maximum absolute atomic E-state index is 10.4. The second-order valence-electron chi connectivity index (χ2n) is 1.88. The molecule has 1 heterocycles. The van der Waals surface area contributed by atoms with Crippen LogP contribution in [0.15, 0.2) is 23.4 Å². The van der Waals surface area contributed by atoms with Crippen LogP contribution in [-0.2, 0) is 11.1 Å². The molecule has 5 heteroatoms. The maximum Gasteiger partial charge on any atom is 1.00 e. The van der Waals surface area contributed by atoms with Gasteiger partial charge in [-0.05, 0) is 29.6 Å². The van der Waals surface area contributed by atoms with E-state index >= 15 is 0 Å². The van der Waals surface area contributed by atoms with E-state index in [1.54, 1.807) is 19.2 Å². The molecule has 11 heavy (non-hydrogen) atoms. The third kappa shape index (κ3) is 3.01. The molecule has 0 fully saturated rings. The van der Waals surface area contributed by atoms with Crippen molar-refractivity contribution < 1.29 is 38.3 Å². The van der Waals surface area contributed by atoms with E-state index in [0.717, 1.165) is 5.56 Å². The van der Waals surface area contributed by atoms with Crippen LogP contribution in [0.25, 0.3) is 0 Å². The first-order valence-electron chi connectivity index (χ1n) is 2.71. The van der Waals surface area contributed by atoms with Gasteiger partial charge in [0, 0.05) is 17.3 Å². The number of hydrogen-bond donors (Lipinski definition) is 0. The predicted octanol–water partition coefficient (Wildman–Crippen LogP) is -2.37. The Bertz CT molecular complexity index is 267. The van der Waals surface area contributed by atoms with E-state index in [4.69, 9.17) is 0 Å². The zero-order chi connectivity index (χ0) is 7.56. The summed E-state index contributed by atoms with van der Waals surface area (Å²) in [4.78, 5) is 3.94. The molecule has 0 bridgehead atoms. The molecule has 0 spiro atoms. The molecular weight excluding hydrogens is 173 g/mol. The SMILES string of the molecule is Cc1ccncc1S(=O)[O-].[Na+]. The standard InChI is InChI=1S/C6H7NO2S.Na/c1-5-2-3-7-4-6(5)10(8)9;/h2-4H,1H3,(H,8,9);/q;+1/p-1. The average molecular weight is 179 g/mol. The Labute approximate surface area is 89.8 Å². The number of aromatic nitrogens is 1. The molecule has 1 unspecified atom stereocenters. The molecule has 0 radical (unpaired) electrons.